The van der Waals surface area contributed by atoms with Crippen LogP contribution in [0.3, 0.4) is 0 Å². The fourth-order valence-electron chi connectivity index (χ4n) is 0.256. The minimum atomic E-state index is -4.66. The summed E-state index contributed by atoms with van der Waals surface area (Å²) in [6, 6.07) is 0. The number of rotatable bonds is 5. The summed E-state index contributed by atoms with van der Waals surface area (Å²) in [6.07, 6.45) is -7.57. The van der Waals surface area contributed by atoms with Crippen LogP contribution in [0.2, 0.25) is 0 Å². The van der Waals surface area contributed by atoms with Crippen molar-refractivity contribution in [2.24, 2.45) is 0 Å². The van der Waals surface area contributed by atoms with E-state index in [2.05, 4.69) is 8.37 Å². The van der Waals surface area contributed by atoms with Crippen molar-refractivity contribution in [1.82, 2.24) is 0 Å². The van der Waals surface area contributed by atoms with Gasteiger partial charge in [0.2, 0.25) is 0 Å². The molecule has 1 unspecified atom stereocenters. The maximum absolute atomic E-state index is 11.4. The lowest BCUT2D eigenvalue weighted by molar-refractivity contribution is -0.153. The summed E-state index contributed by atoms with van der Waals surface area (Å²) in [5.74, 6) is 0. The van der Waals surface area contributed by atoms with Gasteiger partial charge in [-0.1, -0.05) is 0 Å². The number of halogens is 5. The molecular formula is C4H5F5O3S. The summed E-state index contributed by atoms with van der Waals surface area (Å²) in [4.78, 5) is 0. The van der Waals surface area contributed by atoms with Gasteiger partial charge in [0.1, 0.15) is 6.61 Å². The second-order valence-corrected chi connectivity index (χ2v) is 2.64. The molecule has 0 radical (unpaired) electrons. The fourth-order valence-corrected chi connectivity index (χ4v) is 0.768. The highest BCUT2D eigenvalue weighted by Crippen LogP contribution is 2.15. The molecule has 80 valence electrons. The van der Waals surface area contributed by atoms with E-state index >= 15 is 0 Å². The molecule has 3 nitrogen and oxygen atoms in total. The zero-order chi connectivity index (χ0) is 10.5. The molecule has 0 spiro atoms. The first-order valence-electron chi connectivity index (χ1n) is 2.84. The molecule has 0 rings (SSSR count). The van der Waals surface area contributed by atoms with Gasteiger partial charge in [0.05, 0.1) is 0 Å². The Balaban J connectivity index is 3.53. The SMILES string of the molecule is O=S(OCC(F)F)OCC(F)(F)F. The van der Waals surface area contributed by atoms with E-state index in [0.29, 0.717) is 0 Å². The molecule has 13 heavy (non-hydrogen) atoms. The molecule has 0 aromatic heterocycles. The highest BCUT2D eigenvalue weighted by atomic mass is 32.2. The average Bonchev–Trinajstić information content (AvgIpc) is 1.95. The molecule has 1 atom stereocenters. The molecule has 0 heterocycles. The van der Waals surface area contributed by atoms with E-state index in [1.54, 1.807) is 0 Å². The van der Waals surface area contributed by atoms with Crippen LogP contribution in [0.1, 0.15) is 0 Å². The summed E-state index contributed by atoms with van der Waals surface area (Å²) in [7, 11) is 0. The Kier molecular flexibility index (Phi) is 5.33. The van der Waals surface area contributed by atoms with Gasteiger partial charge in [-0.3, -0.25) is 8.37 Å². The molecule has 0 aliphatic rings. The van der Waals surface area contributed by atoms with Crippen molar-refractivity contribution in [3.05, 3.63) is 0 Å². The third-order valence-corrected chi connectivity index (χ3v) is 1.25. The van der Waals surface area contributed by atoms with Crippen LogP contribution in [0, 0.1) is 0 Å². The van der Waals surface area contributed by atoms with Crippen LogP contribution in [0.5, 0.6) is 0 Å². The van der Waals surface area contributed by atoms with E-state index in [1.807, 2.05) is 0 Å². The van der Waals surface area contributed by atoms with Gasteiger partial charge < -0.3 is 0 Å². The van der Waals surface area contributed by atoms with Crippen LogP contribution >= 0.6 is 0 Å². The molecule has 9 heteroatoms. The monoisotopic (exact) mass is 228 g/mol. The number of hydrogen-bond acceptors (Lipinski definition) is 3. The maximum atomic E-state index is 11.4. The van der Waals surface area contributed by atoms with E-state index in [9.17, 15) is 26.2 Å². The van der Waals surface area contributed by atoms with Gasteiger partial charge in [-0.05, 0) is 0 Å². The normalized spacial score (nSPS) is 14.9. The third kappa shape index (κ3) is 9.64. The summed E-state index contributed by atoms with van der Waals surface area (Å²) < 4.78 is 74.2. The van der Waals surface area contributed by atoms with Crippen LogP contribution in [0.15, 0.2) is 0 Å². The molecule has 0 N–H and O–H groups in total. The first-order valence-corrected chi connectivity index (χ1v) is 3.84. The standard InChI is InChI=1S/C4H5F5O3S/c5-3(6)1-11-13(10)12-2-4(7,8)9/h3H,1-2H2. The summed E-state index contributed by atoms with van der Waals surface area (Å²) in [6.45, 7) is -3.03. The highest BCUT2D eigenvalue weighted by Gasteiger charge is 2.29. The van der Waals surface area contributed by atoms with Crippen LogP contribution in [0.4, 0.5) is 22.0 Å². The Hall–Kier alpha value is -0.280. The minimum Gasteiger partial charge on any atom is -0.262 e. The molecule has 0 aromatic rings. The van der Waals surface area contributed by atoms with Crippen molar-refractivity contribution < 1.29 is 34.5 Å². The lowest BCUT2D eigenvalue weighted by atomic mass is 10.7. The van der Waals surface area contributed by atoms with Gasteiger partial charge in [-0.15, -0.1) is 0 Å². The fraction of sp³-hybridized carbons (Fsp3) is 1.00. The molecule has 0 fully saturated rings. The largest absolute Gasteiger partial charge is 0.413 e. The van der Waals surface area contributed by atoms with E-state index in [4.69, 9.17) is 0 Å². The molecule has 0 saturated heterocycles. The van der Waals surface area contributed by atoms with Crippen molar-refractivity contribution in [3.8, 4) is 0 Å². The second-order valence-electron chi connectivity index (χ2n) is 1.76. The molecule has 0 bridgehead atoms. The van der Waals surface area contributed by atoms with Crippen LogP contribution in [-0.4, -0.2) is 30.0 Å². The Morgan fingerprint density at radius 2 is 1.77 bits per heavy atom. The van der Waals surface area contributed by atoms with Crippen molar-refractivity contribution in [3.63, 3.8) is 0 Å². The van der Waals surface area contributed by atoms with Crippen molar-refractivity contribution >= 4 is 11.4 Å². The predicted octanol–water partition coefficient (Wildman–Crippen LogP) is 1.43. The molecule has 0 aliphatic heterocycles. The minimum absolute atomic E-state index is 1.23. The molecule has 0 saturated carbocycles. The zero-order valence-corrected chi connectivity index (χ0v) is 6.83. The van der Waals surface area contributed by atoms with Crippen LogP contribution in [0.25, 0.3) is 0 Å². The van der Waals surface area contributed by atoms with Gasteiger partial charge in [0.25, 0.3) is 6.43 Å². The van der Waals surface area contributed by atoms with Gasteiger partial charge in [-0.2, -0.15) is 17.4 Å². The van der Waals surface area contributed by atoms with Crippen molar-refractivity contribution in [2.45, 2.75) is 12.6 Å². The van der Waals surface area contributed by atoms with Crippen molar-refractivity contribution in [2.75, 3.05) is 13.2 Å². The maximum Gasteiger partial charge on any atom is 0.413 e. The van der Waals surface area contributed by atoms with E-state index in [-0.39, 0.29) is 0 Å². The average molecular weight is 228 g/mol. The van der Waals surface area contributed by atoms with Gasteiger partial charge in [0, 0.05) is 0 Å². The quantitative estimate of drug-likeness (QED) is 0.667. The van der Waals surface area contributed by atoms with Gasteiger partial charge >= 0.3 is 17.5 Å². The Morgan fingerprint density at radius 1 is 1.23 bits per heavy atom. The zero-order valence-electron chi connectivity index (χ0n) is 6.01. The van der Waals surface area contributed by atoms with E-state index in [1.165, 1.54) is 0 Å². The topological polar surface area (TPSA) is 35.5 Å². The van der Waals surface area contributed by atoms with Crippen molar-refractivity contribution in [1.29, 1.82) is 0 Å². The molecule has 0 amide bonds. The van der Waals surface area contributed by atoms with Crippen LogP contribution < -0.4 is 0 Å². The number of alkyl halides is 5. The number of hydrogen-bond donors (Lipinski definition) is 0. The first kappa shape index (κ1) is 12.7. The Labute approximate surface area is 72.7 Å². The van der Waals surface area contributed by atoms with Gasteiger partial charge in [0.15, 0.2) is 6.61 Å². The smallest absolute Gasteiger partial charge is 0.262 e. The summed E-state index contributed by atoms with van der Waals surface area (Å²) in [5.41, 5.74) is 0. The summed E-state index contributed by atoms with van der Waals surface area (Å²) in [5, 5.41) is 0. The third-order valence-electron chi connectivity index (χ3n) is 0.609. The first-order chi connectivity index (χ1) is 5.81. The Morgan fingerprint density at radius 3 is 2.15 bits per heavy atom. The lowest BCUT2D eigenvalue weighted by Crippen LogP contribution is -2.19. The van der Waals surface area contributed by atoms with E-state index in [0.717, 1.165) is 0 Å². The predicted molar refractivity (Wildman–Crippen MR) is 32.1 cm³/mol. The molecule has 0 aliphatic carbocycles. The van der Waals surface area contributed by atoms with Gasteiger partial charge in [-0.25, -0.2) is 8.78 Å². The Bertz CT molecular complexity index is 170. The molecule has 0 aromatic carbocycles. The molecular weight excluding hydrogens is 223 g/mol. The second kappa shape index (κ2) is 5.45. The summed E-state index contributed by atoms with van der Waals surface area (Å²) >= 11 is -2.79. The lowest BCUT2D eigenvalue weighted by Gasteiger charge is -2.05. The van der Waals surface area contributed by atoms with Crippen LogP contribution in [-0.2, 0) is 19.7 Å². The highest BCUT2D eigenvalue weighted by molar-refractivity contribution is 7.75. The van der Waals surface area contributed by atoms with E-state index < -0.39 is 37.2 Å².